The van der Waals surface area contributed by atoms with Crippen molar-refractivity contribution in [2.45, 2.75) is 19.8 Å². The first kappa shape index (κ1) is 13.8. The van der Waals surface area contributed by atoms with Gasteiger partial charge in [-0.25, -0.2) is 9.67 Å². The largest absolute Gasteiger partial charge is 0.324 e. The normalized spacial score (nSPS) is 22.0. The summed E-state index contributed by atoms with van der Waals surface area (Å²) >= 11 is 0. The molecule has 1 aliphatic heterocycles. The summed E-state index contributed by atoms with van der Waals surface area (Å²) in [6, 6.07) is 7.61. The Hall–Kier alpha value is -2.21. The molecular formula is C15H19N5O. The van der Waals surface area contributed by atoms with Crippen molar-refractivity contribution in [1.82, 2.24) is 20.1 Å². The van der Waals surface area contributed by atoms with Crippen molar-refractivity contribution in [3.63, 3.8) is 0 Å². The summed E-state index contributed by atoms with van der Waals surface area (Å²) in [5.74, 6) is 0.0438. The molecule has 1 aromatic carbocycles. The van der Waals surface area contributed by atoms with Crippen LogP contribution in [0, 0.1) is 5.41 Å². The number of hydrogen-bond donors (Lipinski definition) is 2. The van der Waals surface area contributed by atoms with E-state index in [1.54, 1.807) is 11.0 Å². The summed E-state index contributed by atoms with van der Waals surface area (Å²) in [7, 11) is 0. The smallest absolute Gasteiger partial charge is 0.231 e. The lowest BCUT2D eigenvalue weighted by molar-refractivity contribution is -0.125. The zero-order chi connectivity index (χ0) is 14.7. The zero-order valence-electron chi connectivity index (χ0n) is 12.0. The van der Waals surface area contributed by atoms with Gasteiger partial charge in [0, 0.05) is 6.54 Å². The van der Waals surface area contributed by atoms with Crippen molar-refractivity contribution in [2.75, 3.05) is 18.4 Å². The van der Waals surface area contributed by atoms with Gasteiger partial charge in [-0.2, -0.15) is 5.10 Å². The summed E-state index contributed by atoms with van der Waals surface area (Å²) in [6.45, 7) is 3.70. The molecule has 1 aromatic heterocycles. The van der Waals surface area contributed by atoms with Gasteiger partial charge in [-0.3, -0.25) is 4.79 Å². The molecule has 0 bridgehead atoms. The van der Waals surface area contributed by atoms with E-state index in [1.807, 2.05) is 31.2 Å². The molecule has 0 radical (unpaired) electrons. The lowest BCUT2D eigenvalue weighted by atomic mass is 9.82. The van der Waals surface area contributed by atoms with Gasteiger partial charge in [0.05, 0.1) is 16.8 Å². The van der Waals surface area contributed by atoms with Gasteiger partial charge in [-0.1, -0.05) is 12.1 Å². The number of benzene rings is 1. The molecule has 2 N–H and O–H groups in total. The van der Waals surface area contributed by atoms with Crippen LogP contribution in [0.15, 0.2) is 36.9 Å². The van der Waals surface area contributed by atoms with Gasteiger partial charge in [0.2, 0.25) is 5.91 Å². The average Bonchev–Trinajstić information content (AvgIpc) is 3.02. The van der Waals surface area contributed by atoms with Gasteiger partial charge in [-0.15, -0.1) is 0 Å². The first-order valence-electron chi connectivity index (χ1n) is 7.15. The summed E-state index contributed by atoms with van der Waals surface area (Å²) in [4.78, 5) is 16.6. The quantitative estimate of drug-likeness (QED) is 0.898. The fraction of sp³-hybridized carbons (Fsp3) is 0.400. The maximum absolute atomic E-state index is 12.6. The number of nitrogens with one attached hydrogen (secondary N) is 2. The van der Waals surface area contributed by atoms with Crippen LogP contribution in [-0.2, 0) is 4.79 Å². The third-order valence-corrected chi connectivity index (χ3v) is 3.96. The van der Waals surface area contributed by atoms with Crippen LogP contribution in [0.5, 0.6) is 0 Å². The molecule has 6 nitrogen and oxygen atoms in total. The van der Waals surface area contributed by atoms with Crippen molar-refractivity contribution in [3.8, 4) is 5.69 Å². The van der Waals surface area contributed by atoms with E-state index in [9.17, 15) is 4.79 Å². The maximum atomic E-state index is 12.6. The Morgan fingerprint density at radius 2 is 2.29 bits per heavy atom. The van der Waals surface area contributed by atoms with E-state index < -0.39 is 0 Å². The molecule has 0 spiro atoms. The van der Waals surface area contributed by atoms with E-state index in [0.29, 0.717) is 6.54 Å². The van der Waals surface area contributed by atoms with Crippen molar-refractivity contribution in [3.05, 3.63) is 36.9 Å². The second-order valence-corrected chi connectivity index (χ2v) is 5.65. The van der Waals surface area contributed by atoms with E-state index >= 15 is 0 Å². The van der Waals surface area contributed by atoms with E-state index in [2.05, 4.69) is 20.7 Å². The number of amides is 1. The fourth-order valence-electron chi connectivity index (χ4n) is 2.63. The lowest BCUT2D eigenvalue weighted by Gasteiger charge is -2.32. The second-order valence-electron chi connectivity index (χ2n) is 5.65. The Bertz CT molecular complexity index is 617. The van der Waals surface area contributed by atoms with Crippen LogP contribution in [0.25, 0.3) is 5.69 Å². The molecule has 2 aromatic rings. The number of piperidine rings is 1. The Kier molecular flexibility index (Phi) is 3.70. The number of nitrogens with zero attached hydrogens (tertiary/aromatic N) is 3. The first-order chi connectivity index (χ1) is 10.2. The number of rotatable bonds is 3. The lowest BCUT2D eigenvalue weighted by Crippen LogP contribution is -2.46. The monoisotopic (exact) mass is 285 g/mol. The van der Waals surface area contributed by atoms with Crippen LogP contribution < -0.4 is 10.6 Å². The molecule has 0 aliphatic carbocycles. The maximum Gasteiger partial charge on any atom is 0.231 e. The molecule has 3 rings (SSSR count). The van der Waals surface area contributed by atoms with Crippen molar-refractivity contribution in [1.29, 1.82) is 0 Å². The van der Waals surface area contributed by atoms with Gasteiger partial charge in [0.25, 0.3) is 0 Å². The van der Waals surface area contributed by atoms with Crippen LogP contribution in [0.3, 0.4) is 0 Å². The van der Waals surface area contributed by atoms with Gasteiger partial charge in [-0.05, 0) is 38.4 Å². The Morgan fingerprint density at radius 1 is 1.43 bits per heavy atom. The Morgan fingerprint density at radius 3 is 3.00 bits per heavy atom. The fourth-order valence-corrected chi connectivity index (χ4v) is 2.63. The minimum absolute atomic E-state index is 0.0438. The number of carbonyl (C=O) groups is 1. The molecule has 1 amide bonds. The highest BCUT2D eigenvalue weighted by Gasteiger charge is 2.34. The molecule has 1 aliphatic rings. The third kappa shape index (κ3) is 2.80. The highest BCUT2D eigenvalue weighted by Crippen LogP contribution is 2.28. The zero-order valence-corrected chi connectivity index (χ0v) is 12.0. The SMILES string of the molecule is CC1(C(=O)Nc2ccccc2-n2cncn2)CCCNC1. The number of aromatic nitrogens is 3. The summed E-state index contributed by atoms with van der Waals surface area (Å²) in [6.07, 6.45) is 5.02. The molecule has 1 atom stereocenters. The number of hydrogen-bond acceptors (Lipinski definition) is 4. The average molecular weight is 285 g/mol. The van der Waals surface area contributed by atoms with E-state index in [-0.39, 0.29) is 11.3 Å². The van der Waals surface area contributed by atoms with Crippen LogP contribution in [0.2, 0.25) is 0 Å². The minimum atomic E-state index is -0.367. The van der Waals surface area contributed by atoms with Crippen LogP contribution in [0.1, 0.15) is 19.8 Å². The van der Waals surface area contributed by atoms with Crippen molar-refractivity contribution in [2.24, 2.45) is 5.41 Å². The topological polar surface area (TPSA) is 71.8 Å². The molecule has 21 heavy (non-hydrogen) atoms. The van der Waals surface area contributed by atoms with E-state index in [4.69, 9.17) is 0 Å². The third-order valence-electron chi connectivity index (χ3n) is 3.96. The number of anilines is 1. The van der Waals surface area contributed by atoms with Gasteiger partial charge in [0.15, 0.2) is 0 Å². The highest BCUT2D eigenvalue weighted by atomic mass is 16.2. The molecule has 0 saturated carbocycles. The molecule has 1 unspecified atom stereocenters. The van der Waals surface area contributed by atoms with Gasteiger partial charge >= 0.3 is 0 Å². The van der Waals surface area contributed by atoms with Gasteiger partial charge in [0.1, 0.15) is 12.7 Å². The molecule has 1 saturated heterocycles. The first-order valence-corrected chi connectivity index (χ1v) is 7.15. The number of carbonyl (C=O) groups excluding carboxylic acids is 1. The summed E-state index contributed by atoms with van der Waals surface area (Å²) < 4.78 is 1.65. The molecule has 1 fully saturated rings. The Labute approximate surface area is 123 Å². The van der Waals surface area contributed by atoms with Crippen LogP contribution in [-0.4, -0.2) is 33.8 Å². The van der Waals surface area contributed by atoms with Gasteiger partial charge < -0.3 is 10.6 Å². The highest BCUT2D eigenvalue weighted by molar-refractivity contribution is 5.97. The van der Waals surface area contributed by atoms with E-state index in [0.717, 1.165) is 30.8 Å². The minimum Gasteiger partial charge on any atom is -0.324 e. The molecule has 110 valence electrons. The number of para-hydroxylation sites is 2. The standard InChI is InChI=1S/C15H19N5O/c1-15(7-4-8-16-9-15)14(21)19-12-5-2-3-6-13(12)20-11-17-10-18-20/h2-3,5-6,10-11,16H,4,7-9H2,1H3,(H,19,21). The Balaban J connectivity index is 1.83. The second kappa shape index (κ2) is 5.65. The van der Waals surface area contributed by atoms with Crippen LogP contribution >= 0.6 is 0 Å². The van der Waals surface area contributed by atoms with Crippen LogP contribution in [0.4, 0.5) is 5.69 Å². The summed E-state index contributed by atoms with van der Waals surface area (Å²) in [5, 5.41) is 10.5. The van der Waals surface area contributed by atoms with Crippen molar-refractivity contribution >= 4 is 11.6 Å². The molecule has 6 heteroatoms. The predicted octanol–water partition coefficient (Wildman–Crippen LogP) is 1.60. The van der Waals surface area contributed by atoms with Crippen molar-refractivity contribution < 1.29 is 4.79 Å². The molecular weight excluding hydrogens is 266 g/mol. The molecule has 2 heterocycles. The predicted molar refractivity (Wildman–Crippen MR) is 80.2 cm³/mol. The van der Waals surface area contributed by atoms with E-state index in [1.165, 1.54) is 6.33 Å². The summed E-state index contributed by atoms with van der Waals surface area (Å²) in [5.41, 5.74) is 1.20.